The molecule has 2 aliphatic rings. The highest BCUT2D eigenvalue weighted by molar-refractivity contribution is 8.26. The monoisotopic (exact) mass is 489 g/mol. The number of hydrogen-bond donors (Lipinski definition) is 4. The molecule has 2 aromatic rings. The number of piperazine rings is 1. The minimum absolute atomic E-state index is 0.122. The number of nitrogens with zero attached hydrogens (tertiary/aromatic N) is 3. The third-order valence-corrected chi connectivity index (χ3v) is 7.25. The number of halogens is 4. The van der Waals surface area contributed by atoms with E-state index in [4.69, 9.17) is 10.8 Å². The van der Waals surface area contributed by atoms with E-state index in [0.29, 0.717) is 35.0 Å². The summed E-state index contributed by atoms with van der Waals surface area (Å²) in [6, 6.07) is 2.14. The predicted molar refractivity (Wildman–Crippen MR) is 120 cm³/mol. The Kier molecular flexibility index (Phi) is 6.71. The Labute approximate surface area is 190 Å². The molecule has 1 aliphatic carbocycles. The summed E-state index contributed by atoms with van der Waals surface area (Å²) < 4.78 is 56.7. The Morgan fingerprint density at radius 3 is 2.69 bits per heavy atom. The Balaban J connectivity index is 1.69. The minimum atomic E-state index is -2.97. The standard InChI is InChI=1S/C19H23F4N7S2/c1-10-8-29(5-4-26-10)12-6-11(32-28-19(2-3-19)18(22)23)9-30-13(12)7-27-17(30)16(25)31-15(24)14(20)21/h6-7,9-10,14,18,24-26,28H,2-5,8H2,1H3. The molecule has 174 valence electrons. The topological polar surface area (TPSA) is 92.3 Å². The van der Waals surface area contributed by atoms with Crippen LogP contribution in [0.5, 0.6) is 0 Å². The van der Waals surface area contributed by atoms with Crippen LogP contribution in [-0.2, 0) is 0 Å². The normalized spacial score (nSPS) is 20.3. The molecular weight excluding hydrogens is 466 g/mol. The van der Waals surface area contributed by atoms with Crippen molar-refractivity contribution >= 4 is 45.0 Å². The fraction of sp³-hybridized carbons (Fsp3) is 0.526. The van der Waals surface area contributed by atoms with Gasteiger partial charge in [-0.3, -0.25) is 15.2 Å². The molecule has 1 atom stereocenters. The van der Waals surface area contributed by atoms with E-state index in [1.807, 2.05) is 6.07 Å². The van der Waals surface area contributed by atoms with Gasteiger partial charge in [0.05, 0.1) is 22.9 Å². The molecule has 0 bridgehead atoms. The van der Waals surface area contributed by atoms with Crippen molar-refractivity contribution in [2.24, 2.45) is 0 Å². The maximum atomic E-state index is 13.3. The number of aromatic nitrogens is 2. The lowest BCUT2D eigenvalue weighted by Crippen LogP contribution is -2.49. The predicted octanol–water partition coefficient (Wildman–Crippen LogP) is 3.83. The molecule has 1 saturated carbocycles. The van der Waals surface area contributed by atoms with E-state index >= 15 is 0 Å². The van der Waals surface area contributed by atoms with Crippen LogP contribution in [0.1, 0.15) is 25.6 Å². The Hall–Kier alpha value is -1.83. The molecule has 4 N–H and O–H groups in total. The first kappa shape index (κ1) is 23.3. The lowest BCUT2D eigenvalue weighted by Gasteiger charge is -2.34. The van der Waals surface area contributed by atoms with Gasteiger partial charge in [0.1, 0.15) is 10.1 Å². The maximum absolute atomic E-state index is 13.3. The second-order valence-electron chi connectivity index (χ2n) is 7.96. The molecule has 32 heavy (non-hydrogen) atoms. The minimum Gasteiger partial charge on any atom is -0.367 e. The summed E-state index contributed by atoms with van der Waals surface area (Å²) in [6.07, 6.45) is -1.41. The van der Waals surface area contributed by atoms with Crippen LogP contribution >= 0.6 is 23.7 Å². The van der Waals surface area contributed by atoms with Crippen molar-refractivity contribution in [3.05, 3.63) is 24.3 Å². The zero-order valence-corrected chi connectivity index (χ0v) is 18.8. The molecule has 0 amide bonds. The van der Waals surface area contributed by atoms with E-state index in [-0.39, 0.29) is 16.9 Å². The van der Waals surface area contributed by atoms with E-state index in [9.17, 15) is 17.6 Å². The van der Waals surface area contributed by atoms with Gasteiger partial charge in [-0.15, -0.1) is 0 Å². The van der Waals surface area contributed by atoms with Gasteiger partial charge in [0, 0.05) is 36.8 Å². The van der Waals surface area contributed by atoms with Gasteiger partial charge in [0.2, 0.25) is 0 Å². The first-order valence-corrected chi connectivity index (χ1v) is 11.7. The second-order valence-corrected chi connectivity index (χ2v) is 9.89. The van der Waals surface area contributed by atoms with Crippen LogP contribution in [0, 0.1) is 10.8 Å². The number of rotatable bonds is 7. The molecule has 2 aromatic heterocycles. The highest BCUT2D eigenvalue weighted by Gasteiger charge is 2.51. The average molecular weight is 490 g/mol. The molecule has 0 spiro atoms. The fourth-order valence-corrected chi connectivity index (χ4v) is 5.04. The fourth-order valence-electron chi connectivity index (χ4n) is 3.54. The quantitative estimate of drug-likeness (QED) is 0.205. The summed E-state index contributed by atoms with van der Waals surface area (Å²) in [5, 5.41) is 17.7. The number of nitrogens with one attached hydrogen (secondary N) is 4. The van der Waals surface area contributed by atoms with Crippen LogP contribution in [-0.4, -0.2) is 63.5 Å². The van der Waals surface area contributed by atoms with Crippen LogP contribution in [0.25, 0.3) is 5.52 Å². The highest BCUT2D eigenvalue weighted by Crippen LogP contribution is 2.43. The smallest absolute Gasteiger partial charge is 0.285 e. The Bertz CT molecular complexity index is 1020. The summed E-state index contributed by atoms with van der Waals surface area (Å²) in [4.78, 5) is 7.06. The second kappa shape index (κ2) is 9.20. The zero-order valence-electron chi connectivity index (χ0n) is 17.2. The molecule has 7 nitrogen and oxygen atoms in total. The molecule has 0 radical (unpaired) electrons. The van der Waals surface area contributed by atoms with E-state index < -0.39 is 23.4 Å². The van der Waals surface area contributed by atoms with Crippen LogP contribution in [0.2, 0.25) is 0 Å². The van der Waals surface area contributed by atoms with Crippen molar-refractivity contribution in [1.29, 1.82) is 10.8 Å². The molecule has 2 fully saturated rings. The first-order valence-electron chi connectivity index (χ1n) is 10.0. The van der Waals surface area contributed by atoms with Crippen molar-refractivity contribution in [3.8, 4) is 0 Å². The Morgan fingerprint density at radius 1 is 1.31 bits per heavy atom. The van der Waals surface area contributed by atoms with Crippen molar-refractivity contribution < 1.29 is 17.6 Å². The van der Waals surface area contributed by atoms with Crippen LogP contribution in [0.15, 0.2) is 23.4 Å². The highest BCUT2D eigenvalue weighted by atomic mass is 32.2. The third kappa shape index (κ3) is 4.75. The number of fused-ring (bicyclic) bond motifs is 1. The molecular formula is C19H23F4N7S2. The van der Waals surface area contributed by atoms with E-state index in [0.717, 1.165) is 37.3 Å². The van der Waals surface area contributed by atoms with Crippen molar-refractivity contribution in [1.82, 2.24) is 19.4 Å². The summed E-state index contributed by atoms with van der Waals surface area (Å²) in [5.41, 5.74) is 0.325. The summed E-state index contributed by atoms with van der Waals surface area (Å²) in [5.74, 6) is 0.122. The van der Waals surface area contributed by atoms with Crippen molar-refractivity contribution in [2.45, 2.75) is 49.1 Å². The lowest BCUT2D eigenvalue weighted by molar-refractivity contribution is 0.0985. The summed E-state index contributed by atoms with van der Waals surface area (Å²) in [6.45, 7) is 4.29. The van der Waals surface area contributed by atoms with Gasteiger partial charge in [-0.05, 0) is 49.5 Å². The molecule has 13 heteroatoms. The van der Waals surface area contributed by atoms with Gasteiger partial charge >= 0.3 is 0 Å². The number of thioether (sulfide) groups is 1. The van der Waals surface area contributed by atoms with E-state index in [1.54, 1.807) is 16.8 Å². The number of anilines is 1. The van der Waals surface area contributed by atoms with E-state index in [2.05, 4.69) is 26.8 Å². The number of pyridine rings is 1. The summed E-state index contributed by atoms with van der Waals surface area (Å²) >= 11 is 1.44. The third-order valence-electron chi connectivity index (χ3n) is 5.50. The van der Waals surface area contributed by atoms with Crippen LogP contribution < -0.4 is 14.9 Å². The van der Waals surface area contributed by atoms with Gasteiger partial charge in [0.25, 0.3) is 12.9 Å². The Morgan fingerprint density at radius 2 is 2.06 bits per heavy atom. The molecule has 1 aliphatic heterocycles. The molecule has 0 aromatic carbocycles. The largest absolute Gasteiger partial charge is 0.367 e. The molecule has 4 rings (SSSR count). The maximum Gasteiger partial charge on any atom is 0.285 e. The molecule has 1 unspecified atom stereocenters. The van der Waals surface area contributed by atoms with E-state index in [1.165, 1.54) is 0 Å². The number of alkyl halides is 4. The first-order chi connectivity index (χ1) is 15.2. The molecule has 1 saturated heterocycles. The average Bonchev–Trinajstić information content (AvgIpc) is 3.43. The lowest BCUT2D eigenvalue weighted by atomic mass is 10.2. The SMILES string of the molecule is CC1CN(c2cc(SNC3(C(F)F)CC3)cn3c(C(=N)SC(=N)C(F)F)ncc23)CCN1. The van der Waals surface area contributed by atoms with Gasteiger partial charge < -0.3 is 10.2 Å². The van der Waals surface area contributed by atoms with Gasteiger partial charge in [-0.2, -0.15) is 0 Å². The van der Waals surface area contributed by atoms with Gasteiger partial charge in [0.15, 0.2) is 5.82 Å². The van der Waals surface area contributed by atoms with Crippen LogP contribution in [0.3, 0.4) is 0 Å². The van der Waals surface area contributed by atoms with Gasteiger partial charge in [-0.1, -0.05) is 0 Å². The number of hydrogen-bond acceptors (Lipinski definition) is 8. The van der Waals surface area contributed by atoms with Gasteiger partial charge in [-0.25, -0.2) is 27.3 Å². The zero-order chi connectivity index (χ0) is 23.0. The molecule has 3 heterocycles. The summed E-state index contributed by atoms with van der Waals surface area (Å²) in [7, 11) is 0. The van der Waals surface area contributed by atoms with Crippen LogP contribution in [0.4, 0.5) is 23.2 Å². The van der Waals surface area contributed by atoms with Crippen molar-refractivity contribution in [2.75, 3.05) is 24.5 Å². The van der Waals surface area contributed by atoms with Crippen molar-refractivity contribution in [3.63, 3.8) is 0 Å². The number of imidazole rings is 1.